The van der Waals surface area contributed by atoms with Crippen molar-refractivity contribution >= 4 is 8.07 Å². The highest BCUT2D eigenvalue weighted by atomic mass is 28.3. The number of aliphatic hydroxyl groups is 1. The third-order valence-corrected chi connectivity index (χ3v) is 3.59. The minimum atomic E-state index is -1.30. The fraction of sp³-hybridized carbons (Fsp3) is 0.833. The SMILES string of the molecule is C[Si](C)(C)C#C[C@H](O)C1CCCCC1. The molecule has 80 valence electrons. The Hall–Kier alpha value is -0.263. The van der Waals surface area contributed by atoms with Crippen LogP contribution in [-0.4, -0.2) is 19.3 Å². The van der Waals surface area contributed by atoms with Gasteiger partial charge < -0.3 is 5.11 Å². The molecule has 0 bridgehead atoms. The van der Waals surface area contributed by atoms with Crippen LogP contribution in [0.25, 0.3) is 0 Å². The van der Waals surface area contributed by atoms with Gasteiger partial charge in [0, 0.05) is 0 Å². The first-order valence-corrected chi connectivity index (χ1v) is 9.20. The van der Waals surface area contributed by atoms with Gasteiger partial charge in [-0.2, -0.15) is 0 Å². The lowest BCUT2D eigenvalue weighted by Gasteiger charge is -2.23. The third kappa shape index (κ3) is 4.30. The lowest BCUT2D eigenvalue weighted by atomic mass is 9.85. The van der Waals surface area contributed by atoms with Crippen molar-refractivity contribution in [3.63, 3.8) is 0 Å². The molecule has 0 radical (unpaired) electrons. The predicted molar refractivity (Wildman–Crippen MR) is 63.7 cm³/mol. The van der Waals surface area contributed by atoms with Gasteiger partial charge in [-0.05, 0) is 18.8 Å². The first-order valence-electron chi connectivity index (χ1n) is 5.70. The zero-order valence-electron chi connectivity index (χ0n) is 9.64. The van der Waals surface area contributed by atoms with Crippen molar-refractivity contribution in [1.82, 2.24) is 0 Å². The molecule has 0 aliphatic heterocycles. The van der Waals surface area contributed by atoms with Crippen molar-refractivity contribution in [2.45, 2.75) is 57.8 Å². The van der Waals surface area contributed by atoms with Crippen molar-refractivity contribution in [3.05, 3.63) is 0 Å². The number of hydrogen-bond acceptors (Lipinski definition) is 1. The molecule has 1 nitrogen and oxygen atoms in total. The van der Waals surface area contributed by atoms with Gasteiger partial charge in [-0.1, -0.05) is 44.8 Å². The number of rotatable bonds is 1. The summed E-state index contributed by atoms with van der Waals surface area (Å²) in [4.78, 5) is 0. The molecule has 0 aromatic carbocycles. The second-order valence-electron chi connectivity index (χ2n) is 5.36. The molecule has 1 rings (SSSR count). The first kappa shape index (κ1) is 11.8. The zero-order chi connectivity index (χ0) is 10.6. The van der Waals surface area contributed by atoms with Crippen LogP contribution < -0.4 is 0 Å². The van der Waals surface area contributed by atoms with Gasteiger partial charge >= 0.3 is 0 Å². The smallest absolute Gasteiger partial charge is 0.129 e. The van der Waals surface area contributed by atoms with Gasteiger partial charge in [0.15, 0.2) is 0 Å². The largest absolute Gasteiger partial charge is 0.380 e. The van der Waals surface area contributed by atoms with E-state index in [9.17, 15) is 5.11 Å². The first-order chi connectivity index (χ1) is 6.49. The molecule has 14 heavy (non-hydrogen) atoms. The molecule has 2 heteroatoms. The summed E-state index contributed by atoms with van der Waals surface area (Å²) in [6, 6.07) is 0. The van der Waals surface area contributed by atoms with Gasteiger partial charge in [0.25, 0.3) is 0 Å². The maximum atomic E-state index is 9.89. The molecule has 0 amide bonds. The van der Waals surface area contributed by atoms with Gasteiger partial charge in [-0.3, -0.25) is 0 Å². The maximum Gasteiger partial charge on any atom is 0.129 e. The minimum Gasteiger partial charge on any atom is -0.380 e. The Labute approximate surface area is 88.9 Å². The topological polar surface area (TPSA) is 20.2 Å². The highest BCUT2D eigenvalue weighted by molar-refractivity contribution is 6.83. The Morgan fingerprint density at radius 2 is 1.71 bits per heavy atom. The molecule has 0 unspecified atom stereocenters. The molecule has 0 saturated heterocycles. The molecule has 1 aliphatic rings. The molecule has 0 aromatic rings. The molecule has 0 spiro atoms. The van der Waals surface area contributed by atoms with Crippen LogP contribution in [0.15, 0.2) is 0 Å². The fourth-order valence-corrected chi connectivity index (χ4v) is 2.44. The minimum absolute atomic E-state index is 0.359. The second kappa shape index (κ2) is 5.00. The van der Waals surface area contributed by atoms with Crippen LogP contribution in [0.5, 0.6) is 0 Å². The van der Waals surface area contributed by atoms with Crippen molar-refractivity contribution in [3.8, 4) is 11.5 Å². The van der Waals surface area contributed by atoms with E-state index in [1.807, 2.05) is 0 Å². The maximum absolute atomic E-state index is 9.89. The lowest BCUT2D eigenvalue weighted by molar-refractivity contribution is 0.133. The molecule has 1 atom stereocenters. The fourth-order valence-electron chi connectivity index (χ4n) is 1.86. The van der Waals surface area contributed by atoms with E-state index >= 15 is 0 Å². The van der Waals surface area contributed by atoms with E-state index < -0.39 is 8.07 Å². The predicted octanol–water partition coefficient (Wildman–Crippen LogP) is 2.81. The Morgan fingerprint density at radius 3 is 2.21 bits per heavy atom. The van der Waals surface area contributed by atoms with Gasteiger partial charge in [0.1, 0.15) is 14.2 Å². The quantitative estimate of drug-likeness (QED) is 0.521. The van der Waals surface area contributed by atoms with Crippen molar-refractivity contribution in [2.75, 3.05) is 0 Å². The standard InChI is InChI=1S/C12H22OSi/c1-14(2,3)10-9-12(13)11-7-5-4-6-8-11/h11-13H,4-8H2,1-3H3/t12-/m0/s1. The second-order valence-corrected chi connectivity index (χ2v) is 10.1. The van der Waals surface area contributed by atoms with Gasteiger partial charge in [-0.15, -0.1) is 5.54 Å². The van der Waals surface area contributed by atoms with E-state index in [1.54, 1.807) is 0 Å². The van der Waals surface area contributed by atoms with Gasteiger partial charge in [0.2, 0.25) is 0 Å². The normalized spacial score (nSPS) is 21.1. The summed E-state index contributed by atoms with van der Waals surface area (Å²) in [5.41, 5.74) is 3.26. The van der Waals surface area contributed by atoms with Crippen LogP contribution in [-0.2, 0) is 0 Å². The summed E-state index contributed by atoms with van der Waals surface area (Å²) < 4.78 is 0. The van der Waals surface area contributed by atoms with Gasteiger partial charge in [0.05, 0.1) is 0 Å². The summed E-state index contributed by atoms with van der Waals surface area (Å²) in [5.74, 6) is 3.51. The van der Waals surface area contributed by atoms with Crippen LogP contribution in [0, 0.1) is 17.4 Å². The average Bonchev–Trinajstić information content (AvgIpc) is 2.14. The zero-order valence-corrected chi connectivity index (χ0v) is 10.6. The Kier molecular flexibility index (Phi) is 4.22. The number of hydrogen-bond donors (Lipinski definition) is 1. The lowest BCUT2D eigenvalue weighted by Crippen LogP contribution is -2.23. The van der Waals surface area contributed by atoms with Crippen molar-refractivity contribution < 1.29 is 5.11 Å². The van der Waals surface area contributed by atoms with E-state index in [4.69, 9.17) is 0 Å². The monoisotopic (exact) mass is 210 g/mol. The number of aliphatic hydroxyl groups excluding tert-OH is 1. The summed E-state index contributed by atoms with van der Waals surface area (Å²) in [5, 5.41) is 9.89. The molecule has 1 N–H and O–H groups in total. The van der Waals surface area contributed by atoms with Crippen molar-refractivity contribution in [1.29, 1.82) is 0 Å². The average molecular weight is 210 g/mol. The Bertz CT molecular complexity index is 225. The molecular formula is C12H22OSi. The van der Waals surface area contributed by atoms with E-state index in [-0.39, 0.29) is 6.10 Å². The summed E-state index contributed by atoms with van der Waals surface area (Å²) in [7, 11) is -1.30. The van der Waals surface area contributed by atoms with Gasteiger partial charge in [-0.25, -0.2) is 0 Å². The highest BCUT2D eigenvalue weighted by Gasteiger charge is 2.20. The van der Waals surface area contributed by atoms with E-state index in [0.29, 0.717) is 5.92 Å². The van der Waals surface area contributed by atoms with Crippen LogP contribution in [0.4, 0.5) is 0 Å². The van der Waals surface area contributed by atoms with Crippen LogP contribution in [0.3, 0.4) is 0 Å². The van der Waals surface area contributed by atoms with Crippen molar-refractivity contribution in [2.24, 2.45) is 5.92 Å². The molecule has 1 fully saturated rings. The molecule has 1 saturated carbocycles. The van der Waals surface area contributed by atoms with E-state index in [1.165, 1.54) is 32.1 Å². The molecule has 0 heterocycles. The summed E-state index contributed by atoms with van der Waals surface area (Å²) in [6.45, 7) is 6.65. The third-order valence-electron chi connectivity index (χ3n) is 2.69. The highest BCUT2D eigenvalue weighted by Crippen LogP contribution is 2.26. The Morgan fingerprint density at radius 1 is 1.14 bits per heavy atom. The van der Waals surface area contributed by atoms with E-state index in [0.717, 1.165) is 0 Å². The molecule has 1 aliphatic carbocycles. The molecule has 0 aromatic heterocycles. The Balaban J connectivity index is 2.46. The summed E-state index contributed by atoms with van der Waals surface area (Å²) >= 11 is 0. The molecular weight excluding hydrogens is 188 g/mol. The van der Waals surface area contributed by atoms with E-state index in [2.05, 4.69) is 31.1 Å². The summed E-state index contributed by atoms with van der Waals surface area (Å²) in [6.07, 6.45) is 5.86. The van der Waals surface area contributed by atoms with Crippen LogP contribution in [0.2, 0.25) is 19.6 Å². The van der Waals surface area contributed by atoms with Crippen LogP contribution in [0.1, 0.15) is 32.1 Å². The van der Waals surface area contributed by atoms with Crippen LogP contribution >= 0.6 is 0 Å².